The number of para-hydroxylation sites is 1. The van der Waals surface area contributed by atoms with Crippen molar-refractivity contribution in [1.29, 1.82) is 0 Å². The molecule has 0 unspecified atom stereocenters. The summed E-state index contributed by atoms with van der Waals surface area (Å²) in [6.45, 7) is 11.6. The van der Waals surface area contributed by atoms with Crippen LogP contribution >= 0.6 is 12.4 Å². The predicted octanol–water partition coefficient (Wildman–Crippen LogP) is 2.64. The second-order valence-electron chi connectivity index (χ2n) is 5.94. The van der Waals surface area contributed by atoms with Gasteiger partial charge in [0.1, 0.15) is 5.82 Å². The van der Waals surface area contributed by atoms with Crippen LogP contribution in [0, 0.1) is 0 Å². The maximum Gasteiger partial charge on any atom is 0.228 e. The van der Waals surface area contributed by atoms with E-state index >= 15 is 0 Å². The van der Waals surface area contributed by atoms with E-state index in [4.69, 9.17) is 14.7 Å². The van der Waals surface area contributed by atoms with Crippen LogP contribution in [0.5, 0.6) is 0 Å². The molecule has 0 radical (unpaired) electrons. The number of fused-ring (bicyclic) bond motifs is 1. The molecule has 2 heterocycles. The van der Waals surface area contributed by atoms with Crippen molar-refractivity contribution in [3.05, 3.63) is 24.3 Å². The van der Waals surface area contributed by atoms with Gasteiger partial charge in [0.25, 0.3) is 0 Å². The van der Waals surface area contributed by atoms with Gasteiger partial charge < -0.3 is 19.9 Å². The van der Waals surface area contributed by atoms with Crippen molar-refractivity contribution in [2.75, 3.05) is 62.7 Å². The molecule has 0 amide bonds. The average Bonchev–Trinajstić information content (AvgIpc) is 2.65. The zero-order valence-electron chi connectivity index (χ0n) is 15.1. The first-order valence-electron chi connectivity index (χ1n) is 8.87. The van der Waals surface area contributed by atoms with Gasteiger partial charge in [0.2, 0.25) is 5.95 Å². The largest absolute Gasteiger partial charge is 0.378 e. The normalized spacial score (nSPS) is 14.6. The Morgan fingerprint density at radius 2 is 1.84 bits per heavy atom. The van der Waals surface area contributed by atoms with Gasteiger partial charge in [-0.1, -0.05) is 26.0 Å². The van der Waals surface area contributed by atoms with E-state index in [2.05, 4.69) is 41.1 Å². The lowest BCUT2D eigenvalue weighted by molar-refractivity contribution is 0.122. The van der Waals surface area contributed by atoms with E-state index in [1.807, 2.05) is 12.1 Å². The summed E-state index contributed by atoms with van der Waals surface area (Å²) in [5, 5.41) is 4.59. The number of morpholine rings is 1. The Morgan fingerprint density at radius 1 is 1.12 bits per heavy atom. The third kappa shape index (κ3) is 4.93. The number of nitrogens with one attached hydrogen (secondary N) is 1. The summed E-state index contributed by atoms with van der Waals surface area (Å²) in [6.07, 6.45) is 0. The van der Waals surface area contributed by atoms with Gasteiger partial charge in [-0.15, -0.1) is 12.4 Å². The number of ether oxygens (including phenoxy) is 1. The predicted molar refractivity (Wildman–Crippen MR) is 106 cm³/mol. The van der Waals surface area contributed by atoms with Gasteiger partial charge in [-0.2, -0.15) is 4.98 Å². The molecular formula is C18H28ClN5O. The number of aromatic nitrogens is 2. The highest BCUT2D eigenvalue weighted by Gasteiger charge is 2.16. The van der Waals surface area contributed by atoms with E-state index in [1.165, 1.54) is 0 Å². The van der Waals surface area contributed by atoms with Crippen molar-refractivity contribution in [2.24, 2.45) is 0 Å². The standard InChI is InChI=1S/C18H27N5O.ClH/c1-3-22(4-2)10-9-19-17-15-7-5-6-8-16(15)20-18(21-17)23-11-13-24-14-12-23;/h5-8H,3-4,9-14H2,1-2H3,(H,19,20,21);1H. The van der Waals surface area contributed by atoms with Crippen molar-refractivity contribution in [1.82, 2.24) is 14.9 Å². The molecule has 1 aliphatic heterocycles. The number of anilines is 2. The van der Waals surface area contributed by atoms with Crippen LogP contribution in [0.1, 0.15) is 13.8 Å². The van der Waals surface area contributed by atoms with Crippen LogP contribution in [0.2, 0.25) is 0 Å². The lowest BCUT2D eigenvalue weighted by Crippen LogP contribution is -2.37. The number of benzene rings is 1. The van der Waals surface area contributed by atoms with Crippen LogP contribution < -0.4 is 10.2 Å². The average molecular weight is 366 g/mol. The Kier molecular flexibility index (Phi) is 7.68. The van der Waals surface area contributed by atoms with Gasteiger partial charge in [0, 0.05) is 31.6 Å². The van der Waals surface area contributed by atoms with Gasteiger partial charge >= 0.3 is 0 Å². The molecule has 2 aromatic rings. The SMILES string of the molecule is CCN(CC)CCNc1nc(N2CCOCC2)nc2ccccc12.Cl. The van der Waals surface area contributed by atoms with Crippen molar-refractivity contribution in [3.63, 3.8) is 0 Å². The molecule has 6 nitrogen and oxygen atoms in total. The van der Waals surface area contributed by atoms with E-state index < -0.39 is 0 Å². The van der Waals surface area contributed by atoms with E-state index in [0.717, 1.165) is 75.2 Å². The first-order chi connectivity index (χ1) is 11.8. The van der Waals surface area contributed by atoms with Gasteiger partial charge in [0.05, 0.1) is 18.7 Å². The van der Waals surface area contributed by atoms with Crippen molar-refractivity contribution >= 4 is 35.1 Å². The smallest absolute Gasteiger partial charge is 0.228 e. The fraction of sp³-hybridized carbons (Fsp3) is 0.556. The molecule has 1 aromatic carbocycles. The molecule has 1 fully saturated rings. The Morgan fingerprint density at radius 3 is 2.56 bits per heavy atom. The zero-order valence-corrected chi connectivity index (χ0v) is 15.9. The third-order valence-corrected chi connectivity index (χ3v) is 4.50. The van der Waals surface area contributed by atoms with Gasteiger partial charge in [-0.05, 0) is 25.2 Å². The van der Waals surface area contributed by atoms with E-state index in [-0.39, 0.29) is 12.4 Å². The number of likely N-dealkylation sites (N-methyl/N-ethyl adjacent to an activating group) is 1. The lowest BCUT2D eigenvalue weighted by Gasteiger charge is -2.27. The molecule has 0 aliphatic carbocycles. The first kappa shape index (κ1) is 19.7. The van der Waals surface area contributed by atoms with Gasteiger partial charge in [-0.3, -0.25) is 0 Å². The molecule has 0 spiro atoms. The third-order valence-electron chi connectivity index (χ3n) is 4.50. The maximum atomic E-state index is 5.44. The van der Waals surface area contributed by atoms with Crippen molar-refractivity contribution < 1.29 is 4.74 Å². The van der Waals surface area contributed by atoms with Gasteiger partial charge in [-0.25, -0.2) is 4.98 Å². The quantitative estimate of drug-likeness (QED) is 0.814. The highest BCUT2D eigenvalue weighted by Crippen LogP contribution is 2.23. The number of nitrogens with zero attached hydrogens (tertiary/aromatic N) is 4. The number of halogens is 1. The van der Waals surface area contributed by atoms with Gasteiger partial charge in [0.15, 0.2) is 0 Å². The minimum atomic E-state index is 0. The molecule has 0 atom stereocenters. The summed E-state index contributed by atoms with van der Waals surface area (Å²) in [7, 11) is 0. The number of rotatable bonds is 7. The van der Waals surface area contributed by atoms with E-state index in [9.17, 15) is 0 Å². The van der Waals surface area contributed by atoms with Crippen LogP contribution in [-0.4, -0.2) is 67.4 Å². The number of hydrogen-bond donors (Lipinski definition) is 1. The molecule has 7 heteroatoms. The molecule has 1 aliphatic rings. The van der Waals surface area contributed by atoms with E-state index in [0.29, 0.717) is 0 Å². The highest BCUT2D eigenvalue weighted by atomic mass is 35.5. The Labute approximate surface area is 156 Å². The van der Waals surface area contributed by atoms with Crippen LogP contribution in [-0.2, 0) is 4.74 Å². The first-order valence-corrected chi connectivity index (χ1v) is 8.87. The van der Waals surface area contributed by atoms with Crippen LogP contribution in [0.15, 0.2) is 24.3 Å². The van der Waals surface area contributed by atoms with Crippen molar-refractivity contribution in [3.8, 4) is 0 Å². The summed E-state index contributed by atoms with van der Waals surface area (Å²) in [5.41, 5.74) is 0.985. The second-order valence-corrected chi connectivity index (χ2v) is 5.94. The summed E-state index contributed by atoms with van der Waals surface area (Å²) in [4.78, 5) is 14.1. The fourth-order valence-electron chi connectivity index (χ4n) is 2.98. The molecule has 1 aromatic heterocycles. The molecule has 1 saturated heterocycles. The molecule has 0 bridgehead atoms. The lowest BCUT2D eigenvalue weighted by atomic mass is 10.2. The monoisotopic (exact) mass is 365 g/mol. The topological polar surface area (TPSA) is 53.5 Å². The maximum absolute atomic E-state index is 5.44. The molecule has 25 heavy (non-hydrogen) atoms. The molecule has 1 N–H and O–H groups in total. The summed E-state index contributed by atoms with van der Waals surface area (Å²) in [6, 6.07) is 8.20. The van der Waals surface area contributed by atoms with Crippen molar-refractivity contribution in [2.45, 2.75) is 13.8 Å². The van der Waals surface area contributed by atoms with Crippen LogP contribution in [0.25, 0.3) is 10.9 Å². The zero-order chi connectivity index (χ0) is 16.8. The molecule has 0 saturated carbocycles. The Hall–Kier alpha value is -1.63. The van der Waals surface area contributed by atoms with Crippen LogP contribution in [0.3, 0.4) is 0 Å². The molecular weight excluding hydrogens is 338 g/mol. The fourth-order valence-corrected chi connectivity index (χ4v) is 2.98. The minimum Gasteiger partial charge on any atom is -0.378 e. The minimum absolute atomic E-state index is 0. The highest BCUT2D eigenvalue weighted by molar-refractivity contribution is 5.90. The van der Waals surface area contributed by atoms with Crippen LogP contribution in [0.4, 0.5) is 11.8 Å². The summed E-state index contributed by atoms with van der Waals surface area (Å²) < 4.78 is 5.44. The molecule has 138 valence electrons. The Balaban J connectivity index is 0.00000225. The van der Waals surface area contributed by atoms with E-state index in [1.54, 1.807) is 0 Å². The number of hydrogen-bond acceptors (Lipinski definition) is 6. The molecule has 3 rings (SSSR count). The summed E-state index contributed by atoms with van der Waals surface area (Å²) in [5.74, 6) is 1.72. The summed E-state index contributed by atoms with van der Waals surface area (Å²) >= 11 is 0. The Bertz CT molecular complexity index is 659. The second kappa shape index (κ2) is 9.75.